The van der Waals surface area contributed by atoms with Crippen molar-refractivity contribution in [2.45, 2.75) is 85.4 Å². The van der Waals surface area contributed by atoms with Crippen LogP contribution in [0, 0.1) is 13.8 Å². The van der Waals surface area contributed by atoms with E-state index in [2.05, 4.69) is 60.6 Å². The largest absolute Gasteiger partial charge is 0.495 e. The van der Waals surface area contributed by atoms with Gasteiger partial charge in [-0.05, 0) is 76.7 Å². The number of aryl methyl sites for hydroxylation is 2. The summed E-state index contributed by atoms with van der Waals surface area (Å²) in [6, 6.07) is 4.21. The molecule has 3 nitrogen and oxygen atoms in total. The molecule has 134 valence electrons. The van der Waals surface area contributed by atoms with Crippen LogP contribution in [-0.2, 0) is 9.31 Å². The number of hydrogen-bond acceptors (Lipinski definition) is 3. The van der Waals surface area contributed by atoms with Crippen molar-refractivity contribution in [1.29, 1.82) is 0 Å². The first-order valence-corrected chi connectivity index (χ1v) is 9.27. The van der Waals surface area contributed by atoms with Gasteiger partial charge in [-0.15, -0.1) is 0 Å². The Kier molecular flexibility index (Phi) is 6.03. The molecule has 1 saturated heterocycles. The molecule has 0 spiro atoms. The highest BCUT2D eigenvalue weighted by Crippen LogP contribution is 2.37. The van der Waals surface area contributed by atoms with Crippen LogP contribution < -0.4 is 10.2 Å². The Hall–Kier alpha value is -0.995. The van der Waals surface area contributed by atoms with Gasteiger partial charge < -0.3 is 14.0 Å². The van der Waals surface area contributed by atoms with Crippen molar-refractivity contribution in [3.05, 3.63) is 23.3 Å². The second-order valence-corrected chi connectivity index (χ2v) is 7.97. The topological polar surface area (TPSA) is 27.7 Å². The molecule has 0 N–H and O–H groups in total. The first-order chi connectivity index (χ1) is 11.2. The van der Waals surface area contributed by atoms with Crippen LogP contribution in [0.25, 0.3) is 0 Å². The summed E-state index contributed by atoms with van der Waals surface area (Å²) in [7, 11) is -0.311. The van der Waals surface area contributed by atoms with Crippen LogP contribution in [0.5, 0.6) is 5.75 Å². The van der Waals surface area contributed by atoms with Gasteiger partial charge in [0, 0.05) is 0 Å². The van der Waals surface area contributed by atoms with Gasteiger partial charge in [-0.3, -0.25) is 0 Å². The van der Waals surface area contributed by atoms with E-state index in [1.807, 2.05) is 0 Å². The average Bonchev–Trinajstić information content (AvgIpc) is 2.66. The normalized spacial score (nSPS) is 18.9. The van der Waals surface area contributed by atoms with Crippen molar-refractivity contribution in [2.24, 2.45) is 0 Å². The van der Waals surface area contributed by atoms with Gasteiger partial charge in [0.2, 0.25) is 0 Å². The predicted molar refractivity (Wildman–Crippen MR) is 101 cm³/mol. The summed E-state index contributed by atoms with van der Waals surface area (Å²) in [6.07, 6.45) is 4.88. The summed E-state index contributed by atoms with van der Waals surface area (Å²) < 4.78 is 18.4. The molecule has 0 aromatic heterocycles. The van der Waals surface area contributed by atoms with Crippen molar-refractivity contribution in [1.82, 2.24) is 0 Å². The van der Waals surface area contributed by atoms with E-state index in [0.29, 0.717) is 0 Å². The molecule has 4 heteroatoms. The Balaban J connectivity index is 2.08. The minimum Gasteiger partial charge on any atom is -0.494 e. The Morgan fingerprint density at radius 1 is 0.917 bits per heavy atom. The minimum atomic E-state index is -0.314. The van der Waals surface area contributed by atoms with E-state index >= 15 is 0 Å². The first kappa shape index (κ1) is 19.3. The highest BCUT2D eigenvalue weighted by atomic mass is 16.7. The van der Waals surface area contributed by atoms with Crippen LogP contribution in [0.3, 0.4) is 0 Å². The third kappa shape index (κ3) is 4.15. The van der Waals surface area contributed by atoms with E-state index < -0.39 is 0 Å². The molecular formula is C20H33BO3. The zero-order valence-electron chi connectivity index (χ0n) is 16.5. The Bertz CT molecular complexity index is 527. The predicted octanol–water partition coefficient (Wildman–Crippen LogP) is 4.56. The quantitative estimate of drug-likeness (QED) is 0.541. The number of ether oxygens (including phenoxy) is 1. The number of unbranched alkanes of at least 4 members (excludes halogenated alkanes) is 3. The van der Waals surface area contributed by atoms with Gasteiger partial charge in [-0.25, -0.2) is 0 Å². The van der Waals surface area contributed by atoms with Crippen LogP contribution >= 0.6 is 0 Å². The molecule has 1 heterocycles. The maximum Gasteiger partial charge on any atom is 0.495 e. The lowest BCUT2D eigenvalue weighted by Gasteiger charge is -2.32. The van der Waals surface area contributed by atoms with Crippen molar-refractivity contribution < 1.29 is 14.0 Å². The van der Waals surface area contributed by atoms with E-state index in [0.717, 1.165) is 35.4 Å². The Morgan fingerprint density at radius 2 is 1.46 bits per heavy atom. The molecule has 1 aliphatic heterocycles. The molecule has 2 rings (SSSR count). The van der Waals surface area contributed by atoms with E-state index in [4.69, 9.17) is 14.0 Å². The van der Waals surface area contributed by atoms with E-state index in [9.17, 15) is 0 Å². The number of benzene rings is 1. The van der Waals surface area contributed by atoms with E-state index in [1.54, 1.807) is 0 Å². The molecule has 1 aliphatic rings. The van der Waals surface area contributed by atoms with Crippen LogP contribution in [0.1, 0.15) is 71.4 Å². The summed E-state index contributed by atoms with van der Waals surface area (Å²) in [5.41, 5.74) is 2.83. The highest BCUT2D eigenvalue weighted by Gasteiger charge is 2.52. The van der Waals surface area contributed by atoms with Crippen molar-refractivity contribution in [3.8, 4) is 5.75 Å². The minimum absolute atomic E-state index is 0.311. The molecule has 0 unspecified atom stereocenters. The zero-order valence-corrected chi connectivity index (χ0v) is 16.5. The van der Waals surface area contributed by atoms with Crippen LogP contribution in [-0.4, -0.2) is 24.9 Å². The summed E-state index contributed by atoms with van der Waals surface area (Å²) in [5, 5.41) is 0. The van der Waals surface area contributed by atoms with Gasteiger partial charge in [-0.2, -0.15) is 0 Å². The molecule has 1 aromatic rings. The second-order valence-electron chi connectivity index (χ2n) is 7.97. The standard InChI is InChI=1S/C20H33BO3/c1-8-9-10-11-12-22-17-13-15(2)18(16(3)14-17)21-23-19(4,5)20(6,7)24-21/h13-14H,8-12H2,1-7H3. The maximum absolute atomic E-state index is 6.21. The number of hydrogen-bond donors (Lipinski definition) is 0. The molecule has 0 aliphatic carbocycles. The van der Waals surface area contributed by atoms with E-state index in [1.165, 1.54) is 19.3 Å². The fourth-order valence-electron chi connectivity index (χ4n) is 3.07. The fraction of sp³-hybridized carbons (Fsp3) is 0.700. The average molecular weight is 332 g/mol. The van der Waals surface area contributed by atoms with Gasteiger partial charge in [0.15, 0.2) is 0 Å². The van der Waals surface area contributed by atoms with Gasteiger partial charge >= 0.3 is 7.12 Å². The summed E-state index contributed by atoms with van der Waals surface area (Å²) >= 11 is 0. The molecule has 0 amide bonds. The van der Waals surface area contributed by atoms with Gasteiger partial charge in [0.1, 0.15) is 5.75 Å². The lowest BCUT2D eigenvalue weighted by Crippen LogP contribution is -2.41. The fourth-order valence-corrected chi connectivity index (χ4v) is 3.07. The van der Waals surface area contributed by atoms with Gasteiger partial charge in [-0.1, -0.05) is 26.2 Å². The summed E-state index contributed by atoms with van der Waals surface area (Å²) in [4.78, 5) is 0. The third-order valence-corrected chi connectivity index (χ3v) is 5.32. The lowest BCUT2D eigenvalue weighted by molar-refractivity contribution is 0.00578. The lowest BCUT2D eigenvalue weighted by atomic mass is 9.73. The molecule has 0 radical (unpaired) electrons. The van der Waals surface area contributed by atoms with Crippen LogP contribution in [0.4, 0.5) is 0 Å². The van der Waals surface area contributed by atoms with Crippen LogP contribution in [0.2, 0.25) is 0 Å². The van der Waals surface area contributed by atoms with Crippen molar-refractivity contribution in [3.63, 3.8) is 0 Å². The smallest absolute Gasteiger partial charge is 0.494 e. The zero-order chi connectivity index (χ0) is 18.0. The molecule has 24 heavy (non-hydrogen) atoms. The molecular weight excluding hydrogens is 299 g/mol. The Labute approximate surface area is 148 Å². The van der Waals surface area contributed by atoms with Crippen molar-refractivity contribution in [2.75, 3.05) is 6.61 Å². The van der Waals surface area contributed by atoms with Crippen molar-refractivity contribution >= 4 is 12.6 Å². The first-order valence-electron chi connectivity index (χ1n) is 9.27. The summed E-state index contributed by atoms with van der Waals surface area (Å²) in [6.45, 7) is 15.6. The van der Waals surface area contributed by atoms with E-state index in [-0.39, 0.29) is 18.3 Å². The molecule has 1 fully saturated rings. The van der Waals surface area contributed by atoms with Gasteiger partial charge in [0.05, 0.1) is 17.8 Å². The summed E-state index contributed by atoms with van der Waals surface area (Å²) in [5.74, 6) is 0.946. The SMILES string of the molecule is CCCCCCOc1cc(C)c(B2OC(C)(C)C(C)(C)O2)c(C)c1. The number of rotatable bonds is 7. The second kappa shape index (κ2) is 7.49. The maximum atomic E-state index is 6.21. The molecule has 0 bridgehead atoms. The van der Waals surface area contributed by atoms with Gasteiger partial charge in [0.25, 0.3) is 0 Å². The van der Waals surface area contributed by atoms with Crippen LogP contribution in [0.15, 0.2) is 12.1 Å². The third-order valence-electron chi connectivity index (χ3n) is 5.32. The Morgan fingerprint density at radius 3 is 1.96 bits per heavy atom. The molecule has 1 aromatic carbocycles. The molecule has 0 atom stereocenters. The monoisotopic (exact) mass is 332 g/mol. The highest BCUT2D eigenvalue weighted by molar-refractivity contribution is 6.63. The molecule has 0 saturated carbocycles.